The Hall–Kier alpha value is -1.29. The van der Waals surface area contributed by atoms with Crippen molar-refractivity contribution in [3.8, 4) is 11.1 Å². The first-order chi connectivity index (χ1) is 8.37. The van der Waals surface area contributed by atoms with Gasteiger partial charge in [-0.3, -0.25) is 0 Å². The van der Waals surface area contributed by atoms with Crippen LogP contribution < -0.4 is 5.73 Å². The van der Waals surface area contributed by atoms with Crippen LogP contribution in [0.15, 0.2) is 33.3 Å². The molecule has 0 aliphatic carbocycles. The molecule has 0 aliphatic heterocycles. The van der Waals surface area contributed by atoms with E-state index in [9.17, 15) is 0 Å². The number of aromatic nitrogens is 1. The maximum atomic E-state index is 5.91. The molecular weight excluding hydrogens is 292 g/mol. The summed E-state index contributed by atoms with van der Waals surface area (Å²) in [7, 11) is 0. The van der Waals surface area contributed by atoms with Crippen LogP contribution in [0.3, 0.4) is 0 Å². The Kier molecular flexibility index (Phi) is 3.48. The minimum atomic E-state index is 0.135. The lowest BCUT2D eigenvalue weighted by molar-refractivity contribution is 0.322. The van der Waals surface area contributed by atoms with Gasteiger partial charge in [0.15, 0.2) is 5.82 Å². The van der Waals surface area contributed by atoms with Gasteiger partial charge in [0.1, 0.15) is 5.76 Å². The molecular formula is C14H17BrN2O. The predicted octanol–water partition coefficient (Wildman–Crippen LogP) is 4.27. The van der Waals surface area contributed by atoms with E-state index in [2.05, 4.69) is 41.9 Å². The number of benzene rings is 1. The van der Waals surface area contributed by atoms with Crippen LogP contribution in [0.5, 0.6) is 0 Å². The van der Waals surface area contributed by atoms with E-state index in [1.54, 1.807) is 0 Å². The molecule has 2 N–H and O–H groups in total. The first-order valence-electron chi connectivity index (χ1n) is 5.87. The van der Waals surface area contributed by atoms with Gasteiger partial charge in [0.25, 0.3) is 0 Å². The van der Waals surface area contributed by atoms with E-state index in [0.29, 0.717) is 5.82 Å². The molecule has 1 heterocycles. The van der Waals surface area contributed by atoms with Gasteiger partial charge in [0.05, 0.1) is 5.56 Å². The average molecular weight is 309 g/mol. The van der Waals surface area contributed by atoms with E-state index in [4.69, 9.17) is 10.3 Å². The van der Waals surface area contributed by atoms with Gasteiger partial charge in [-0.25, -0.2) is 0 Å². The van der Waals surface area contributed by atoms with E-state index in [1.807, 2.05) is 24.3 Å². The van der Waals surface area contributed by atoms with Crippen LogP contribution in [0.2, 0.25) is 0 Å². The Labute approximate surface area is 115 Å². The summed E-state index contributed by atoms with van der Waals surface area (Å²) in [4.78, 5) is 0. The second-order valence-electron chi connectivity index (χ2n) is 5.61. The second-order valence-corrected chi connectivity index (χ2v) is 6.53. The highest BCUT2D eigenvalue weighted by Gasteiger charge is 2.21. The fourth-order valence-corrected chi connectivity index (χ4v) is 2.13. The van der Waals surface area contributed by atoms with Gasteiger partial charge in [-0.2, -0.15) is 0 Å². The quantitative estimate of drug-likeness (QED) is 0.901. The molecule has 0 spiro atoms. The number of hydrogen-bond donors (Lipinski definition) is 1. The van der Waals surface area contributed by atoms with Crippen molar-refractivity contribution in [2.75, 3.05) is 5.73 Å². The minimum absolute atomic E-state index is 0.135. The Bertz CT molecular complexity index is 538. The SMILES string of the molecule is CC(C)(C)Cc1onc(N)c1-c1ccc(Br)cc1. The van der Waals surface area contributed by atoms with Crippen LogP contribution in [-0.4, -0.2) is 5.16 Å². The molecule has 4 heteroatoms. The summed E-state index contributed by atoms with van der Waals surface area (Å²) in [5.41, 5.74) is 8.00. The molecule has 2 aromatic rings. The van der Waals surface area contributed by atoms with Gasteiger partial charge in [-0.15, -0.1) is 0 Å². The molecule has 0 aliphatic rings. The van der Waals surface area contributed by atoms with Crippen molar-refractivity contribution in [2.24, 2.45) is 5.41 Å². The van der Waals surface area contributed by atoms with Gasteiger partial charge in [-0.1, -0.05) is 54.0 Å². The molecule has 1 aromatic heterocycles. The van der Waals surface area contributed by atoms with E-state index in [0.717, 1.165) is 27.8 Å². The zero-order valence-electron chi connectivity index (χ0n) is 10.8. The smallest absolute Gasteiger partial charge is 0.175 e. The molecule has 0 amide bonds. The summed E-state index contributed by atoms with van der Waals surface area (Å²) >= 11 is 3.42. The molecule has 3 nitrogen and oxygen atoms in total. The Morgan fingerprint density at radius 3 is 2.39 bits per heavy atom. The van der Waals surface area contributed by atoms with Crippen molar-refractivity contribution >= 4 is 21.7 Å². The minimum Gasteiger partial charge on any atom is -0.380 e. The standard InChI is InChI=1S/C14H17BrN2O/c1-14(2,3)8-11-12(13(16)17-18-11)9-4-6-10(15)7-5-9/h4-7H,8H2,1-3H3,(H2,16,17). The highest BCUT2D eigenvalue weighted by Crippen LogP contribution is 2.34. The summed E-state index contributed by atoms with van der Waals surface area (Å²) in [5, 5.41) is 3.89. The molecule has 0 unspecified atom stereocenters. The third-order valence-corrected chi connectivity index (χ3v) is 3.14. The van der Waals surface area contributed by atoms with Crippen molar-refractivity contribution in [1.82, 2.24) is 5.16 Å². The summed E-state index contributed by atoms with van der Waals surface area (Å²) in [6.07, 6.45) is 0.808. The molecule has 0 atom stereocenters. The van der Waals surface area contributed by atoms with Crippen molar-refractivity contribution in [3.05, 3.63) is 34.5 Å². The van der Waals surface area contributed by atoms with Gasteiger partial charge in [0.2, 0.25) is 0 Å². The second kappa shape index (κ2) is 4.76. The summed E-state index contributed by atoms with van der Waals surface area (Å²) in [6, 6.07) is 8.00. The van der Waals surface area contributed by atoms with Crippen molar-refractivity contribution in [1.29, 1.82) is 0 Å². The number of nitrogens with two attached hydrogens (primary N) is 1. The van der Waals surface area contributed by atoms with Crippen LogP contribution in [0.1, 0.15) is 26.5 Å². The highest BCUT2D eigenvalue weighted by molar-refractivity contribution is 9.10. The maximum absolute atomic E-state index is 5.91. The number of nitrogens with zero attached hydrogens (tertiary/aromatic N) is 1. The molecule has 0 saturated heterocycles. The average Bonchev–Trinajstić information content (AvgIpc) is 2.59. The molecule has 18 heavy (non-hydrogen) atoms. The topological polar surface area (TPSA) is 52.0 Å². The third kappa shape index (κ3) is 2.93. The molecule has 1 aromatic carbocycles. The molecule has 0 fully saturated rings. The van der Waals surface area contributed by atoms with Gasteiger partial charge in [0, 0.05) is 10.9 Å². The van der Waals surface area contributed by atoms with Crippen LogP contribution in [0.4, 0.5) is 5.82 Å². The van der Waals surface area contributed by atoms with E-state index in [-0.39, 0.29) is 5.41 Å². The van der Waals surface area contributed by atoms with Crippen LogP contribution in [0, 0.1) is 5.41 Å². The molecule has 0 saturated carbocycles. The zero-order chi connectivity index (χ0) is 13.3. The lowest BCUT2D eigenvalue weighted by Gasteiger charge is -2.16. The van der Waals surface area contributed by atoms with E-state index >= 15 is 0 Å². The Balaban J connectivity index is 2.43. The monoisotopic (exact) mass is 308 g/mol. The van der Waals surface area contributed by atoms with Gasteiger partial charge in [-0.05, 0) is 23.1 Å². The number of hydrogen-bond acceptors (Lipinski definition) is 3. The lowest BCUT2D eigenvalue weighted by atomic mass is 9.88. The first-order valence-corrected chi connectivity index (χ1v) is 6.66. The molecule has 0 bridgehead atoms. The van der Waals surface area contributed by atoms with Crippen molar-refractivity contribution in [3.63, 3.8) is 0 Å². The Morgan fingerprint density at radius 2 is 1.83 bits per heavy atom. The summed E-state index contributed by atoms with van der Waals surface area (Å²) in [5.74, 6) is 1.30. The largest absolute Gasteiger partial charge is 0.380 e. The maximum Gasteiger partial charge on any atom is 0.175 e. The third-order valence-electron chi connectivity index (χ3n) is 2.61. The van der Waals surface area contributed by atoms with Gasteiger partial charge >= 0.3 is 0 Å². The molecule has 2 rings (SSSR count). The fourth-order valence-electron chi connectivity index (χ4n) is 1.87. The normalized spacial score (nSPS) is 11.8. The highest BCUT2D eigenvalue weighted by atomic mass is 79.9. The predicted molar refractivity (Wildman–Crippen MR) is 77.2 cm³/mol. The lowest BCUT2D eigenvalue weighted by Crippen LogP contribution is -2.09. The number of nitrogen functional groups attached to an aromatic ring is 1. The fraction of sp³-hybridized carbons (Fsp3) is 0.357. The van der Waals surface area contributed by atoms with Gasteiger partial charge < -0.3 is 10.3 Å². The summed E-state index contributed by atoms with van der Waals surface area (Å²) < 4.78 is 6.41. The van der Waals surface area contributed by atoms with Crippen LogP contribution in [0.25, 0.3) is 11.1 Å². The first kappa shape index (κ1) is 13.1. The number of anilines is 1. The van der Waals surface area contributed by atoms with E-state index in [1.165, 1.54) is 0 Å². The van der Waals surface area contributed by atoms with Crippen molar-refractivity contribution in [2.45, 2.75) is 27.2 Å². The van der Waals surface area contributed by atoms with E-state index < -0.39 is 0 Å². The zero-order valence-corrected chi connectivity index (χ0v) is 12.4. The number of rotatable bonds is 2. The van der Waals surface area contributed by atoms with Crippen molar-refractivity contribution < 1.29 is 4.52 Å². The van der Waals surface area contributed by atoms with Crippen LogP contribution in [-0.2, 0) is 6.42 Å². The van der Waals surface area contributed by atoms with Crippen LogP contribution >= 0.6 is 15.9 Å². The summed E-state index contributed by atoms with van der Waals surface area (Å²) in [6.45, 7) is 6.49. The Morgan fingerprint density at radius 1 is 1.22 bits per heavy atom. The molecule has 0 radical (unpaired) electrons. The number of halogens is 1. The molecule has 96 valence electrons.